The Hall–Kier alpha value is -0.930. The Balaban J connectivity index is 1.36. The van der Waals surface area contributed by atoms with Crippen LogP contribution in [0, 0.1) is 28.6 Å². The zero-order chi connectivity index (χ0) is 17.8. The lowest BCUT2D eigenvalue weighted by Gasteiger charge is -2.50. The normalized spacial score (nSPS) is 56.0. The summed E-state index contributed by atoms with van der Waals surface area (Å²) in [5, 5.41) is 20.6. The van der Waals surface area contributed by atoms with Crippen molar-refractivity contribution in [1.82, 2.24) is 0 Å². The number of epoxide rings is 1. The molecule has 5 fully saturated rings. The molecule has 5 heteroatoms. The average Bonchev–Trinajstić information content (AvgIpc) is 2.98. The van der Waals surface area contributed by atoms with Gasteiger partial charge in [-0.2, -0.15) is 5.26 Å². The largest absolute Gasteiger partial charge is 0.375 e. The highest BCUT2D eigenvalue weighted by Gasteiger charge is 2.79. The number of fused-ring (bicyclic) bond motifs is 3. The predicted molar refractivity (Wildman–Crippen MR) is 91.9 cm³/mol. The van der Waals surface area contributed by atoms with E-state index in [4.69, 9.17) is 14.2 Å². The molecular weight excluding hydrogens is 330 g/mol. The molecule has 26 heavy (non-hydrogen) atoms. The van der Waals surface area contributed by atoms with E-state index in [2.05, 4.69) is 19.1 Å². The van der Waals surface area contributed by atoms with E-state index in [0.29, 0.717) is 31.5 Å². The first-order valence-corrected chi connectivity index (χ1v) is 10.2. The smallest absolute Gasteiger partial charge is 0.171 e. The number of nitrogens with zero attached hydrogens (tertiary/aromatic N) is 1. The summed E-state index contributed by atoms with van der Waals surface area (Å²) in [6.45, 7) is 3.52. The molecule has 6 aliphatic rings. The molecule has 0 bridgehead atoms. The Labute approximate surface area is 154 Å². The predicted octanol–water partition coefficient (Wildman–Crippen LogP) is 2.83. The third-order valence-electron chi connectivity index (χ3n) is 9.01. The molecule has 0 aromatic rings. The van der Waals surface area contributed by atoms with Crippen molar-refractivity contribution < 1.29 is 19.3 Å². The topological polar surface area (TPSA) is 75.0 Å². The number of nitriles is 1. The molecule has 6 atom stereocenters. The zero-order valence-electron chi connectivity index (χ0n) is 15.4. The van der Waals surface area contributed by atoms with Crippen molar-refractivity contribution >= 4 is 0 Å². The van der Waals surface area contributed by atoms with Crippen molar-refractivity contribution in [1.29, 1.82) is 5.26 Å². The maximum atomic E-state index is 10.9. The van der Waals surface area contributed by atoms with Crippen LogP contribution in [-0.4, -0.2) is 40.9 Å². The highest BCUT2D eigenvalue weighted by Crippen LogP contribution is 2.74. The van der Waals surface area contributed by atoms with Gasteiger partial charge < -0.3 is 19.3 Å². The summed E-state index contributed by atoms with van der Waals surface area (Å²) in [4.78, 5) is 0. The van der Waals surface area contributed by atoms with Crippen LogP contribution in [0.15, 0.2) is 11.6 Å². The minimum atomic E-state index is -1.18. The molecule has 5 nitrogen and oxygen atoms in total. The van der Waals surface area contributed by atoms with Crippen molar-refractivity contribution in [3.63, 3.8) is 0 Å². The zero-order valence-corrected chi connectivity index (χ0v) is 15.4. The summed E-state index contributed by atoms with van der Waals surface area (Å²) in [6, 6.07) is 2.25. The van der Waals surface area contributed by atoms with Crippen LogP contribution in [0.2, 0.25) is 0 Å². The number of hydrogen-bond acceptors (Lipinski definition) is 5. The Kier molecular flexibility index (Phi) is 2.81. The van der Waals surface area contributed by atoms with Crippen LogP contribution in [-0.2, 0) is 14.2 Å². The number of aliphatic hydroxyl groups is 1. The van der Waals surface area contributed by atoms with Gasteiger partial charge in [0.2, 0.25) is 0 Å². The Morgan fingerprint density at radius 2 is 1.96 bits per heavy atom. The molecule has 0 radical (unpaired) electrons. The highest BCUT2D eigenvalue weighted by atomic mass is 16.7. The van der Waals surface area contributed by atoms with Crippen LogP contribution in [0.1, 0.15) is 58.3 Å². The SMILES string of the molecule is C[C@]12CC=C3[C@@H](CC[C@]45CC6(CC[C@@]34O5)OCCO6)[C@@H]1CC[C@]2(O)C#N. The van der Waals surface area contributed by atoms with Crippen LogP contribution >= 0.6 is 0 Å². The van der Waals surface area contributed by atoms with E-state index in [1.54, 1.807) is 0 Å². The van der Waals surface area contributed by atoms with Crippen LogP contribution < -0.4 is 0 Å². The second-order valence-electron chi connectivity index (χ2n) is 9.75. The Bertz CT molecular complexity index is 752. The van der Waals surface area contributed by atoms with Gasteiger partial charge in [-0.25, -0.2) is 0 Å². The lowest BCUT2D eigenvalue weighted by Crippen LogP contribution is -2.53. The molecule has 6 rings (SSSR count). The molecule has 4 aliphatic carbocycles. The molecule has 2 heterocycles. The van der Waals surface area contributed by atoms with Crippen molar-refractivity contribution in [3.05, 3.63) is 11.6 Å². The van der Waals surface area contributed by atoms with Crippen LogP contribution in [0.3, 0.4) is 0 Å². The molecule has 0 amide bonds. The molecule has 2 saturated heterocycles. The van der Waals surface area contributed by atoms with Gasteiger partial charge in [0.1, 0.15) is 11.2 Å². The van der Waals surface area contributed by atoms with Crippen LogP contribution in [0.4, 0.5) is 0 Å². The molecule has 0 aromatic carbocycles. The van der Waals surface area contributed by atoms with E-state index >= 15 is 0 Å². The monoisotopic (exact) mass is 357 g/mol. The van der Waals surface area contributed by atoms with Gasteiger partial charge in [-0.1, -0.05) is 13.0 Å². The number of hydrogen-bond donors (Lipinski definition) is 1. The molecule has 1 N–H and O–H groups in total. The van der Waals surface area contributed by atoms with E-state index in [-0.39, 0.29) is 16.6 Å². The van der Waals surface area contributed by atoms with E-state index in [0.717, 1.165) is 44.9 Å². The second kappa shape index (κ2) is 4.55. The standard InChI is InChI=1S/C21H27NO4/c1-17-5-3-16-14(15(17)4-6-18(17,23)13-22)2-7-19-12-20(24-10-11-25-20)8-9-21(16,19)26-19/h3,14-15,23H,2,4-12H2,1H3/t14-,15-,17-,18-,19-,21+/m0/s1. The van der Waals surface area contributed by atoms with Gasteiger partial charge in [0, 0.05) is 18.3 Å². The number of allylic oxidation sites excluding steroid dienone is 1. The van der Waals surface area contributed by atoms with Crippen molar-refractivity contribution in [2.75, 3.05) is 13.2 Å². The quantitative estimate of drug-likeness (QED) is 0.410. The van der Waals surface area contributed by atoms with Gasteiger partial charge in [-0.05, 0) is 55.9 Å². The van der Waals surface area contributed by atoms with E-state index in [1.165, 1.54) is 5.57 Å². The molecule has 140 valence electrons. The van der Waals surface area contributed by atoms with Crippen LogP contribution in [0.5, 0.6) is 0 Å². The first-order chi connectivity index (χ1) is 12.4. The minimum Gasteiger partial charge on any atom is -0.375 e. The maximum Gasteiger partial charge on any atom is 0.171 e. The van der Waals surface area contributed by atoms with E-state index < -0.39 is 11.4 Å². The minimum absolute atomic E-state index is 0.101. The Morgan fingerprint density at radius 1 is 1.15 bits per heavy atom. The summed E-state index contributed by atoms with van der Waals surface area (Å²) in [6.07, 6.45) is 9.54. The first-order valence-electron chi connectivity index (χ1n) is 10.2. The second-order valence-corrected chi connectivity index (χ2v) is 9.75. The van der Waals surface area contributed by atoms with Crippen molar-refractivity contribution in [2.24, 2.45) is 17.3 Å². The van der Waals surface area contributed by atoms with E-state index in [9.17, 15) is 10.4 Å². The van der Waals surface area contributed by atoms with Gasteiger partial charge in [0.05, 0.1) is 19.3 Å². The lowest BCUT2D eigenvalue weighted by molar-refractivity contribution is -0.185. The van der Waals surface area contributed by atoms with Gasteiger partial charge in [-0.3, -0.25) is 0 Å². The fraction of sp³-hybridized carbons (Fsp3) is 0.857. The highest BCUT2D eigenvalue weighted by molar-refractivity contribution is 5.44. The molecule has 2 aliphatic heterocycles. The molecule has 1 spiro atoms. The summed E-state index contributed by atoms with van der Waals surface area (Å²) in [7, 11) is 0. The Morgan fingerprint density at radius 3 is 2.73 bits per heavy atom. The summed E-state index contributed by atoms with van der Waals surface area (Å²) < 4.78 is 18.6. The molecule has 3 saturated carbocycles. The first kappa shape index (κ1) is 16.1. The average molecular weight is 357 g/mol. The summed E-state index contributed by atoms with van der Waals surface area (Å²) in [5.41, 5.74) is -0.254. The van der Waals surface area contributed by atoms with Gasteiger partial charge in [0.25, 0.3) is 0 Å². The van der Waals surface area contributed by atoms with Crippen molar-refractivity contribution in [2.45, 2.75) is 80.9 Å². The van der Waals surface area contributed by atoms with E-state index in [1.807, 2.05) is 0 Å². The fourth-order valence-electron chi connectivity index (χ4n) is 7.53. The molecule has 0 unspecified atom stereocenters. The fourth-order valence-corrected chi connectivity index (χ4v) is 7.53. The van der Waals surface area contributed by atoms with Gasteiger partial charge in [-0.15, -0.1) is 0 Å². The molecular formula is C21H27NO4. The van der Waals surface area contributed by atoms with Crippen LogP contribution in [0.25, 0.3) is 0 Å². The van der Waals surface area contributed by atoms with Crippen molar-refractivity contribution in [3.8, 4) is 6.07 Å². The maximum absolute atomic E-state index is 10.9. The van der Waals surface area contributed by atoms with Gasteiger partial charge in [0.15, 0.2) is 11.4 Å². The molecule has 0 aromatic heterocycles. The number of ether oxygens (including phenoxy) is 3. The summed E-state index contributed by atoms with van der Waals surface area (Å²) >= 11 is 0. The number of rotatable bonds is 0. The third kappa shape index (κ3) is 1.59. The van der Waals surface area contributed by atoms with Gasteiger partial charge >= 0.3 is 0 Å². The summed E-state index contributed by atoms with van der Waals surface area (Å²) in [5.74, 6) is 0.426. The lowest BCUT2D eigenvalue weighted by atomic mass is 9.53. The third-order valence-corrected chi connectivity index (χ3v) is 9.01.